The van der Waals surface area contributed by atoms with Crippen molar-refractivity contribution in [1.29, 1.82) is 0 Å². The highest BCUT2D eigenvalue weighted by Crippen LogP contribution is 2.29. The number of hydrogen-bond donors (Lipinski definition) is 1. The van der Waals surface area contributed by atoms with Crippen LogP contribution in [0.2, 0.25) is 0 Å². The van der Waals surface area contributed by atoms with E-state index < -0.39 is 0 Å². The summed E-state index contributed by atoms with van der Waals surface area (Å²) in [5.74, 6) is 2.04. The third-order valence-corrected chi connectivity index (χ3v) is 4.33. The van der Waals surface area contributed by atoms with Crippen LogP contribution < -0.4 is 10.5 Å². The van der Waals surface area contributed by atoms with E-state index in [2.05, 4.69) is 26.0 Å². The van der Waals surface area contributed by atoms with Gasteiger partial charge in [-0.05, 0) is 24.3 Å². The monoisotopic (exact) mass is 295 g/mol. The maximum Gasteiger partial charge on any atom is 0.124 e. The second-order valence-electron chi connectivity index (χ2n) is 4.99. The van der Waals surface area contributed by atoms with Crippen LogP contribution in [0.25, 0.3) is 0 Å². The quantitative estimate of drug-likeness (QED) is 0.461. The zero-order chi connectivity index (χ0) is 14.6. The minimum atomic E-state index is 0.551. The van der Waals surface area contributed by atoms with Gasteiger partial charge < -0.3 is 10.5 Å². The fourth-order valence-corrected chi connectivity index (χ4v) is 3.08. The molecule has 0 heterocycles. The van der Waals surface area contributed by atoms with Crippen LogP contribution in [0.15, 0.2) is 23.1 Å². The highest BCUT2D eigenvalue weighted by molar-refractivity contribution is 7.99. The van der Waals surface area contributed by atoms with Crippen LogP contribution in [0.4, 0.5) is 0 Å². The zero-order valence-corrected chi connectivity index (χ0v) is 13.8. The van der Waals surface area contributed by atoms with E-state index in [-0.39, 0.29) is 0 Å². The van der Waals surface area contributed by atoms with Gasteiger partial charge >= 0.3 is 0 Å². The minimum Gasteiger partial charge on any atom is -0.493 e. The van der Waals surface area contributed by atoms with E-state index in [1.807, 2.05) is 17.8 Å². The van der Waals surface area contributed by atoms with Gasteiger partial charge in [0.25, 0.3) is 0 Å². The third kappa shape index (κ3) is 6.19. The number of hydrogen-bond acceptors (Lipinski definition) is 3. The molecule has 1 aromatic rings. The molecule has 0 saturated carbocycles. The van der Waals surface area contributed by atoms with E-state index >= 15 is 0 Å². The van der Waals surface area contributed by atoms with Crippen LogP contribution in [-0.2, 0) is 6.54 Å². The van der Waals surface area contributed by atoms with Gasteiger partial charge in [-0.15, -0.1) is 11.8 Å². The largest absolute Gasteiger partial charge is 0.493 e. The van der Waals surface area contributed by atoms with Gasteiger partial charge in [-0.1, -0.05) is 52.0 Å². The lowest BCUT2D eigenvalue weighted by Gasteiger charge is -2.13. The number of nitrogens with two attached hydrogens (primary N) is 1. The molecule has 20 heavy (non-hydrogen) atoms. The second-order valence-corrected chi connectivity index (χ2v) is 6.29. The molecule has 114 valence electrons. The maximum absolute atomic E-state index is 5.93. The number of benzene rings is 1. The second kappa shape index (κ2) is 11.0. The first kappa shape index (κ1) is 17.4. The molecule has 0 radical (unpaired) electrons. The van der Waals surface area contributed by atoms with Gasteiger partial charge in [0, 0.05) is 17.0 Å². The molecule has 0 fully saturated rings. The third-order valence-electron chi connectivity index (χ3n) is 3.35. The average Bonchev–Trinajstić information content (AvgIpc) is 2.47. The van der Waals surface area contributed by atoms with E-state index in [4.69, 9.17) is 10.5 Å². The topological polar surface area (TPSA) is 35.2 Å². The Kier molecular flexibility index (Phi) is 9.60. The van der Waals surface area contributed by atoms with Gasteiger partial charge in [-0.2, -0.15) is 0 Å². The molecule has 0 atom stereocenters. The van der Waals surface area contributed by atoms with Gasteiger partial charge in [0.15, 0.2) is 0 Å². The summed E-state index contributed by atoms with van der Waals surface area (Å²) in [5.41, 5.74) is 7.03. The number of ether oxygens (including phenoxy) is 1. The summed E-state index contributed by atoms with van der Waals surface area (Å²) in [6.45, 7) is 5.77. The molecule has 0 unspecified atom stereocenters. The molecule has 1 rings (SSSR count). The minimum absolute atomic E-state index is 0.551. The van der Waals surface area contributed by atoms with Crippen LogP contribution in [0.5, 0.6) is 5.75 Å². The molecule has 2 nitrogen and oxygen atoms in total. The predicted octanol–water partition coefficient (Wildman–Crippen LogP) is 5.00. The van der Waals surface area contributed by atoms with E-state index in [0.29, 0.717) is 6.54 Å². The first-order valence-electron chi connectivity index (χ1n) is 7.91. The van der Waals surface area contributed by atoms with Crippen molar-refractivity contribution >= 4 is 11.8 Å². The standard InChI is InChI=1S/C17H29NOS/c1-3-5-6-7-8-9-13-19-16-11-10-12-17(20-4-2)15(16)14-18/h10-12H,3-9,13-14,18H2,1-2H3. The van der Waals surface area contributed by atoms with Crippen LogP contribution in [0.1, 0.15) is 57.9 Å². The fraction of sp³-hybridized carbons (Fsp3) is 0.647. The summed E-state index contributed by atoms with van der Waals surface area (Å²) in [7, 11) is 0. The van der Waals surface area contributed by atoms with Crippen LogP contribution >= 0.6 is 11.8 Å². The Hall–Kier alpha value is -0.670. The Bertz CT molecular complexity index is 368. The van der Waals surface area contributed by atoms with Crippen molar-refractivity contribution < 1.29 is 4.74 Å². The predicted molar refractivity (Wildman–Crippen MR) is 89.6 cm³/mol. The summed E-state index contributed by atoms with van der Waals surface area (Å²) in [4.78, 5) is 1.26. The molecule has 2 N–H and O–H groups in total. The van der Waals surface area contributed by atoms with Crippen LogP contribution in [0, 0.1) is 0 Å². The number of unbranched alkanes of at least 4 members (excludes halogenated alkanes) is 5. The molecule has 0 aliphatic carbocycles. The highest BCUT2D eigenvalue weighted by Gasteiger charge is 2.07. The summed E-state index contributed by atoms with van der Waals surface area (Å²) in [6.07, 6.45) is 7.74. The summed E-state index contributed by atoms with van der Waals surface area (Å²) < 4.78 is 5.93. The van der Waals surface area contributed by atoms with Crippen molar-refractivity contribution in [1.82, 2.24) is 0 Å². The van der Waals surface area contributed by atoms with Gasteiger partial charge in [0.1, 0.15) is 5.75 Å². The highest BCUT2D eigenvalue weighted by atomic mass is 32.2. The van der Waals surface area contributed by atoms with Crippen molar-refractivity contribution in [2.24, 2.45) is 5.73 Å². The fourth-order valence-electron chi connectivity index (χ4n) is 2.24. The Morgan fingerprint density at radius 3 is 2.50 bits per heavy atom. The van der Waals surface area contributed by atoms with Gasteiger partial charge in [-0.3, -0.25) is 0 Å². The van der Waals surface area contributed by atoms with Crippen molar-refractivity contribution in [3.63, 3.8) is 0 Å². The summed E-state index contributed by atoms with van der Waals surface area (Å²) in [5, 5.41) is 0. The molecular formula is C17H29NOS. The van der Waals surface area contributed by atoms with Crippen molar-refractivity contribution in [2.75, 3.05) is 12.4 Å². The lowest BCUT2D eigenvalue weighted by Crippen LogP contribution is -2.05. The number of thioether (sulfide) groups is 1. The molecule has 0 aliphatic heterocycles. The van der Waals surface area contributed by atoms with Crippen LogP contribution in [-0.4, -0.2) is 12.4 Å². The van der Waals surface area contributed by atoms with E-state index in [9.17, 15) is 0 Å². The molecule has 0 aliphatic rings. The van der Waals surface area contributed by atoms with Gasteiger partial charge in [-0.25, -0.2) is 0 Å². The molecule has 0 aromatic heterocycles. The molecule has 0 spiro atoms. The van der Waals surface area contributed by atoms with Crippen molar-refractivity contribution in [3.05, 3.63) is 23.8 Å². The molecular weight excluding hydrogens is 266 g/mol. The zero-order valence-electron chi connectivity index (χ0n) is 13.0. The molecule has 3 heteroatoms. The van der Waals surface area contributed by atoms with Gasteiger partial charge in [0.2, 0.25) is 0 Å². The molecule has 0 saturated heterocycles. The maximum atomic E-state index is 5.93. The Morgan fingerprint density at radius 1 is 1.05 bits per heavy atom. The summed E-state index contributed by atoms with van der Waals surface area (Å²) >= 11 is 1.83. The van der Waals surface area contributed by atoms with Gasteiger partial charge in [0.05, 0.1) is 6.61 Å². The van der Waals surface area contributed by atoms with Crippen molar-refractivity contribution in [2.45, 2.75) is 63.8 Å². The number of rotatable bonds is 11. The Balaban J connectivity index is 2.37. The molecule has 0 amide bonds. The SMILES string of the molecule is CCCCCCCCOc1cccc(SCC)c1CN. The smallest absolute Gasteiger partial charge is 0.124 e. The van der Waals surface area contributed by atoms with E-state index in [1.54, 1.807) is 0 Å². The lowest BCUT2D eigenvalue weighted by molar-refractivity contribution is 0.300. The molecule has 1 aromatic carbocycles. The Morgan fingerprint density at radius 2 is 1.80 bits per heavy atom. The average molecular weight is 295 g/mol. The Labute approximate surface area is 128 Å². The lowest BCUT2D eigenvalue weighted by atomic mass is 10.1. The first-order valence-corrected chi connectivity index (χ1v) is 8.89. The normalized spacial score (nSPS) is 10.8. The summed E-state index contributed by atoms with van der Waals surface area (Å²) in [6, 6.07) is 6.24. The molecule has 0 bridgehead atoms. The first-order chi connectivity index (χ1) is 9.83. The van der Waals surface area contributed by atoms with Crippen molar-refractivity contribution in [3.8, 4) is 5.75 Å². The van der Waals surface area contributed by atoms with Crippen LogP contribution in [0.3, 0.4) is 0 Å². The van der Waals surface area contributed by atoms with E-state index in [0.717, 1.165) is 30.1 Å². The van der Waals surface area contributed by atoms with E-state index in [1.165, 1.54) is 37.0 Å².